The van der Waals surface area contributed by atoms with Crippen molar-refractivity contribution in [3.05, 3.63) is 82.1 Å². The van der Waals surface area contributed by atoms with E-state index in [2.05, 4.69) is 30.9 Å². The Morgan fingerprint density at radius 3 is 2.32 bits per heavy atom. The van der Waals surface area contributed by atoms with Gasteiger partial charge in [0.05, 0.1) is 30.9 Å². The molecule has 3 aromatic heterocycles. The molecule has 12 nitrogen and oxygen atoms in total. The van der Waals surface area contributed by atoms with E-state index in [0.29, 0.717) is 12.4 Å². The molecule has 0 saturated carbocycles. The molecule has 0 bridgehead atoms. The van der Waals surface area contributed by atoms with Gasteiger partial charge in [-0.1, -0.05) is 31.2 Å². The number of fused-ring (bicyclic) bond motifs is 2. The lowest BCUT2D eigenvalue weighted by molar-refractivity contribution is -0.130. The first-order valence-electron chi connectivity index (χ1n) is 16.5. The van der Waals surface area contributed by atoms with Crippen LogP contribution in [0.5, 0.6) is 5.75 Å². The summed E-state index contributed by atoms with van der Waals surface area (Å²) in [5, 5.41) is 12.5. The summed E-state index contributed by atoms with van der Waals surface area (Å²) in [6.07, 6.45) is 3.80. The summed E-state index contributed by atoms with van der Waals surface area (Å²) in [6.45, 7) is 9.55. The Labute approximate surface area is 294 Å². The van der Waals surface area contributed by atoms with Crippen LogP contribution in [0.15, 0.2) is 60.2 Å². The molecule has 0 unspecified atom stereocenters. The van der Waals surface area contributed by atoms with Gasteiger partial charge in [-0.25, -0.2) is 4.98 Å². The fourth-order valence-corrected chi connectivity index (χ4v) is 6.46. The number of hydrogen-bond donors (Lipinski definition) is 5. The largest absolute Gasteiger partial charge is 0.496 e. The Kier molecular flexibility index (Phi) is 11.4. The smallest absolute Gasteiger partial charge is 0.271 e. The first kappa shape index (κ1) is 36.3. The van der Waals surface area contributed by atoms with Crippen LogP contribution in [-0.2, 0) is 32.0 Å². The number of nitrogens with zero attached hydrogens (tertiary/aromatic N) is 1. The highest BCUT2D eigenvalue weighted by Crippen LogP contribution is 2.29. The Bertz CT molecular complexity index is 1990. The minimum absolute atomic E-state index is 0.0384. The molecule has 0 fully saturated rings. The zero-order valence-corrected chi connectivity index (χ0v) is 30.0. The van der Waals surface area contributed by atoms with Crippen molar-refractivity contribution in [2.24, 2.45) is 0 Å². The SMILES string of the molecule is COc1cccc2[nH]cc(C[C@H](NC(=O)[C@H](Cc3c[nH]c4ccccc34)NC(=O)c3csc([C@H](C)COC(C)(C)C)n3)C(=O)NCC(C)=O)c12. The molecule has 0 aliphatic heterocycles. The summed E-state index contributed by atoms with van der Waals surface area (Å²) in [6, 6.07) is 11.1. The van der Waals surface area contributed by atoms with Crippen LogP contribution in [-0.4, -0.2) is 76.4 Å². The van der Waals surface area contributed by atoms with Crippen LogP contribution < -0.4 is 20.7 Å². The number of amides is 3. The summed E-state index contributed by atoms with van der Waals surface area (Å²) < 4.78 is 11.5. The molecule has 0 radical (unpaired) electrons. The summed E-state index contributed by atoms with van der Waals surface area (Å²) in [7, 11) is 1.56. The van der Waals surface area contributed by atoms with Crippen molar-refractivity contribution < 1.29 is 28.7 Å². The molecule has 0 spiro atoms. The quantitative estimate of drug-likeness (QED) is 0.105. The van der Waals surface area contributed by atoms with Crippen LogP contribution in [0.25, 0.3) is 21.8 Å². The summed E-state index contributed by atoms with van der Waals surface area (Å²) in [5.41, 5.74) is 3.12. The Hall–Kier alpha value is -5.01. The zero-order valence-electron chi connectivity index (χ0n) is 29.1. The molecule has 264 valence electrons. The van der Waals surface area contributed by atoms with Crippen LogP contribution in [0, 0.1) is 0 Å². The standard InChI is InChI=1S/C37H44N6O6S/c1-21(19-49-37(3,4)5)36-43-30(20-50-36)35(47)42-29(14-23-17-38-26-11-8-7-10-25(23)26)34(46)41-28(33(45)40-16-22(2)44)15-24-18-39-27-12-9-13-31(48-6)32(24)27/h7-13,17-18,20-21,28-29,38-39H,14-16,19H2,1-6H3,(H,40,45)(H,41,46)(H,42,47)/t21-,28+,29+/m1/s1. The second kappa shape index (κ2) is 15.7. The van der Waals surface area contributed by atoms with Gasteiger partial charge in [0.25, 0.3) is 5.91 Å². The number of methoxy groups -OCH3 is 1. The highest BCUT2D eigenvalue weighted by Gasteiger charge is 2.30. The van der Waals surface area contributed by atoms with Gasteiger partial charge < -0.3 is 35.4 Å². The number of hydrogen-bond acceptors (Lipinski definition) is 8. The third-order valence-electron chi connectivity index (χ3n) is 8.20. The number of H-pyrrole nitrogens is 2. The normalized spacial score (nSPS) is 13.5. The third kappa shape index (κ3) is 8.96. The van der Waals surface area contributed by atoms with Crippen molar-refractivity contribution in [1.82, 2.24) is 30.9 Å². The van der Waals surface area contributed by atoms with Gasteiger partial charge in [-0.15, -0.1) is 11.3 Å². The van der Waals surface area contributed by atoms with Gasteiger partial charge in [0.1, 0.15) is 29.3 Å². The number of ether oxygens (including phenoxy) is 2. The van der Waals surface area contributed by atoms with E-state index in [1.807, 2.05) is 76.4 Å². The van der Waals surface area contributed by atoms with Crippen LogP contribution in [0.2, 0.25) is 0 Å². The number of aromatic amines is 2. The van der Waals surface area contributed by atoms with Crippen molar-refractivity contribution in [3.8, 4) is 5.75 Å². The second-order valence-electron chi connectivity index (χ2n) is 13.4. The van der Waals surface area contributed by atoms with Gasteiger partial charge in [0.15, 0.2) is 0 Å². The maximum Gasteiger partial charge on any atom is 0.271 e. The van der Waals surface area contributed by atoms with E-state index in [0.717, 1.165) is 37.9 Å². The maximum absolute atomic E-state index is 14.2. The fourth-order valence-electron chi connectivity index (χ4n) is 5.61. The molecular weight excluding hydrogens is 657 g/mol. The number of benzene rings is 2. The molecule has 50 heavy (non-hydrogen) atoms. The average Bonchev–Trinajstić information content (AvgIpc) is 3.84. The molecule has 5 rings (SSSR count). The number of nitrogens with one attached hydrogen (secondary N) is 5. The molecule has 3 amide bonds. The maximum atomic E-state index is 14.2. The van der Waals surface area contributed by atoms with Crippen molar-refractivity contribution in [2.45, 2.75) is 71.1 Å². The second-order valence-corrected chi connectivity index (χ2v) is 14.3. The molecule has 13 heteroatoms. The van der Waals surface area contributed by atoms with Gasteiger partial charge in [0.2, 0.25) is 11.8 Å². The van der Waals surface area contributed by atoms with Gasteiger partial charge >= 0.3 is 0 Å². The molecule has 2 aromatic carbocycles. The Morgan fingerprint density at radius 2 is 1.58 bits per heavy atom. The zero-order chi connectivity index (χ0) is 36.0. The first-order valence-corrected chi connectivity index (χ1v) is 17.4. The average molecular weight is 701 g/mol. The number of aromatic nitrogens is 3. The number of ketones is 1. The van der Waals surface area contributed by atoms with E-state index >= 15 is 0 Å². The van der Waals surface area contributed by atoms with Crippen LogP contribution in [0.3, 0.4) is 0 Å². The van der Waals surface area contributed by atoms with Crippen molar-refractivity contribution in [2.75, 3.05) is 20.3 Å². The lowest BCUT2D eigenvalue weighted by Gasteiger charge is -2.23. The highest BCUT2D eigenvalue weighted by molar-refractivity contribution is 7.09. The topological polar surface area (TPSA) is 167 Å². The molecule has 5 N–H and O–H groups in total. The van der Waals surface area contributed by atoms with Crippen LogP contribution >= 0.6 is 11.3 Å². The van der Waals surface area contributed by atoms with Crippen molar-refractivity contribution in [3.63, 3.8) is 0 Å². The number of rotatable bonds is 15. The van der Waals surface area contributed by atoms with Gasteiger partial charge in [-0.2, -0.15) is 0 Å². The van der Waals surface area contributed by atoms with E-state index in [4.69, 9.17) is 9.47 Å². The van der Waals surface area contributed by atoms with E-state index in [9.17, 15) is 19.2 Å². The minimum Gasteiger partial charge on any atom is -0.496 e. The Balaban J connectivity index is 1.42. The molecule has 5 aromatic rings. The van der Waals surface area contributed by atoms with Gasteiger partial charge in [0, 0.05) is 58.3 Å². The lowest BCUT2D eigenvalue weighted by Crippen LogP contribution is -2.55. The molecule has 3 heterocycles. The number of carbonyl (C=O) groups excluding carboxylic acids is 4. The van der Waals surface area contributed by atoms with Crippen LogP contribution in [0.4, 0.5) is 0 Å². The number of carbonyl (C=O) groups is 4. The van der Waals surface area contributed by atoms with Crippen molar-refractivity contribution in [1.29, 1.82) is 0 Å². The first-order chi connectivity index (χ1) is 23.8. The van der Waals surface area contributed by atoms with Gasteiger partial charge in [-0.3, -0.25) is 19.2 Å². The Morgan fingerprint density at radius 1 is 0.900 bits per heavy atom. The predicted molar refractivity (Wildman–Crippen MR) is 194 cm³/mol. The summed E-state index contributed by atoms with van der Waals surface area (Å²) in [5.74, 6) is -1.28. The molecule has 0 saturated heterocycles. The number of para-hydroxylation sites is 1. The molecule has 0 aliphatic rings. The molecular formula is C37H44N6O6S. The van der Waals surface area contributed by atoms with E-state index in [-0.39, 0.29) is 42.4 Å². The molecule has 3 atom stereocenters. The van der Waals surface area contributed by atoms with Crippen molar-refractivity contribution >= 4 is 56.6 Å². The van der Waals surface area contributed by atoms with Crippen LogP contribution in [0.1, 0.15) is 67.2 Å². The van der Waals surface area contributed by atoms with E-state index in [1.54, 1.807) is 18.7 Å². The number of Topliss-reactive ketones (excluding diaryl/α,β-unsaturated/α-hetero) is 1. The lowest BCUT2D eigenvalue weighted by atomic mass is 10.0. The monoisotopic (exact) mass is 700 g/mol. The van der Waals surface area contributed by atoms with Gasteiger partial charge in [-0.05, 0) is 57.0 Å². The molecule has 0 aliphatic carbocycles. The highest BCUT2D eigenvalue weighted by atomic mass is 32.1. The van der Waals surface area contributed by atoms with E-state index in [1.165, 1.54) is 18.3 Å². The number of thiazole rings is 1. The minimum atomic E-state index is -1.08. The summed E-state index contributed by atoms with van der Waals surface area (Å²) in [4.78, 5) is 64.1. The fraction of sp³-hybridized carbons (Fsp3) is 0.378. The van der Waals surface area contributed by atoms with E-state index < -0.39 is 29.8 Å². The third-order valence-corrected chi connectivity index (χ3v) is 9.28. The predicted octanol–water partition coefficient (Wildman–Crippen LogP) is 4.81. The summed E-state index contributed by atoms with van der Waals surface area (Å²) >= 11 is 1.36.